The van der Waals surface area contributed by atoms with Gasteiger partial charge in [0.15, 0.2) is 0 Å². The Morgan fingerprint density at radius 2 is 1.76 bits per heavy atom. The lowest BCUT2D eigenvalue weighted by molar-refractivity contribution is 0.268. The van der Waals surface area contributed by atoms with Crippen LogP contribution in [0.1, 0.15) is 46.2 Å². The van der Waals surface area contributed by atoms with Gasteiger partial charge in [-0.05, 0) is 31.2 Å². The molecular formula is C14H27N3. The van der Waals surface area contributed by atoms with Crippen molar-refractivity contribution in [2.75, 3.05) is 6.54 Å². The van der Waals surface area contributed by atoms with Crippen LogP contribution in [-0.2, 0) is 7.05 Å². The van der Waals surface area contributed by atoms with Crippen LogP contribution in [0.5, 0.6) is 0 Å². The smallest absolute Gasteiger partial charge is 0.0537 e. The molecule has 0 fully saturated rings. The van der Waals surface area contributed by atoms with Crippen molar-refractivity contribution in [1.82, 2.24) is 15.1 Å². The molecule has 1 rings (SSSR count). The number of rotatable bonds is 6. The highest BCUT2D eigenvalue weighted by Crippen LogP contribution is 2.21. The molecule has 0 bridgehead atoms. The maximum Gasteiger partial charge on any atom is 0.0537 e. The Kier molecular flexibility index (Phi) is 5.19. The lowest BCUT2D eigenvalue weighted by atomic mass is 9.85. The van der Waals surface area contributed by atoms with Gasteiger partial charge in [-0.25, -0.2) is 0 Å². The third-order valence-corrected chi connectivity index (χ3v) is 3.60. The van der Waals surface area contributed by atoms with Gasteiger partial charge < -0.3 is 5.32 Å². The van der Waals surface area contributed by atoms with Gasteiger partial charge in [0.05, 0.1) is 6.20 Å². The fourth-order valence-electron chi connectivity index (χ4n) is 2.34. The summed E-state index contributed by atoms with van der Waals surface area (Å²) in [4.78, 5) is 0. The first-order valence-corrected chi connectivity index (χ1v) is 6.63. The maximum atomic E-state index is 4.21. The highest BCUT2D eigenvalue weighted by atomic mass is 15.2. The van der Waals surface area contributed by atoms with Gasteiger partial charge in [0.2, 0.25) is 0 Å². The van der Waals surface area contributed by atoms with Crippen molar-refractivity contribution in [1.29, 1.82) is 0 Å². The molecule has 17 heavy (non-hydrogen) atoms. The molecule has 0 spiro atoms. The summed E-state index contributed by atoms with van der Waals surface area (Å²) in [6.45, 7) is 12.5. The van der Waals surface area contributed by atoms with Crippen molar-refractivity contribution >= 4 is 0 Å². The minimum Gasteiger partial charge on any atom is -0.310 e. The molecule has 0 aromatic carbocycles. The van der Waals surface area contributed by atoms with Gasteiger partial charge in [0.25, 0.3) is 0 Å². The third kappa shape index (κ3) is 4.15. The van der Waals surface area contributed by atoms with Crippen LogP contribution in [0.25, 0.3) is 0 Å². The van der Waals surface area contributed by atoms with E-state index in [2.05, 4.69) is 51.2 Å². The van der Waals surface area contributed by atoms with Crippen LogP contribution < -0.4 is 5.32 Å². The van der Waals surface area contributed by atoms with E-state index in [1.54, 1.807) is 0 Å². The largest absolute Gasteiger partial charge is 0.310 e. The Hall–Kier alpha value is -0.830. The molecular weight excluding hydrogens is 210 g/mol. The molecule has 0 saturated carbocycles. The summed E-state index contributed by atoms with van der Waals surface area (Å²) < 4.78 is 1.86. The minimum atomic E-state index is 0.378. The van der Waals surface area contributed by atoms with E-state index in [-0.39, 0.29) is 0 Å². The standard InChI is InChI=1S/C14H27N3/c1-10(2)14(11(3)4)8-15-12(5)13-7-16-17(6)9-13/h7,9-12,14-15H,8H2,1-6H3. The number of nitrogens with one attached hydrogen (secondary N) is 1. The Morgan fingerprint density at radius 3 is 2.18 bits per heavy atom. The molecule has 3 heteroatoms. The van der Waals surface area contributed by atoms with E-state index in [1.165, 1.54) is 5.56 Å². The van der Waals surface area contributed by atoms with E-state index in [9.17, 15) is 0 Å². The fraction of sp³-hybridized carbons (Fsp3) is 0.786. The van der Waals surface area contributed by atoms with Gasteiger partial charge >= 0.3 is 0 Å². The van der Waals surface area contributed by atoms with Crippen molar-refractivity contribution in [3.63, 3.8) is 0 Å². The molecule has 0 aliphatic rings. The first kappa shape index (κ1) is 14.2. The topological polar surface area (TPSA) is 29.9 Å². The van der Waals surface area contributed by atoms with Crippen molar-refractivity contribution in [3.05, 3.63) is 18.0 Å². The van der Waals surface area contributed by atoms with Crippen LogP contribution in [0.3, 0.4) is 0 Å². The number of nitrogens with zero attached hydrogens (tertiary/aromatic N) is 2. The van der Waals surface area contributed by atoms with Crippen LogP contribution in [0, 0.1) is 17.8 Å². The molecule has 1 atom stereocenters. The van der Waals surface area contributed by atoms with E-state index in [4.69, 9.17) is 0 Å². The van der Waals surface area contributed by atoms with E-state index in [0.29, 0.717) is 6.04 Å². The van der Waals surface area contributed by atoms with Gasteiger partial charge in [-0.1, -0.05) is 27.7 Å². The number of hydrogen-bond donors (Lipinski definition) is 1. The van der Waals surface area contributed by atoms with Crippen molar-refractivity contribution in [2.45, 2.75) is 40.7 Å². The predicted octanol–water partition coefficient (Wildman–Crippen LogP) is 3.00. The summed E-state index contributed by atoms with van der Waals surface area (Å²) in [5.41, 5.74) is 1.26. The van der Waals surface area contributed by atoms with Crippen LogP contribution in [0.15, 0.2) is 12.4 Å². The molecule has 1 unspecified atom stereocenters. The Bertz CT molecular complexity index is 320. The summed E-state index contributed by atoms with van der Waals surface area (Å²) in [6, 6.07) is 0.378. The highest BCUT2D eigenvalue weighted by Gasteiger charge is 2.18. The fourth-order valence-corrected chi connectivity index (χ4v) is 2.34. The van der Waals surface area contributed by atoms with E-state index in [0.717, 1.165) is 24.3 Å². The predicted molar refractivity (Wildman–Crippen MR) is 72.8 cm³/mol. The van der Waals surface area contributed by atoms with Gasteiger partial charge in [-0.3, -0.25) is 4.68 Å². The molecule has 1 N–H and O–H groups in total. The van der Waals surface area contributed by atoms with Gasteiger partial charge in [0, 0.05) is 24.8 Å². The summed E-state index contributed by atoms with van der Waals surface area (Å²) in [6.07, 6.45) is 4.02. The van der Waals surface area contributed by atoms with Gasteiger partial charge in [-0.15, -0.1) is 0 Å². The van der Waals surface area contributed by atoms with Gasteiger partial charge in [0.1, 0.15) is 0 Å². The second kappa shape index (κ2) is 6.20. The monoisotopic (exact) mass is 237 g/mol. The molecule has 3 nitrogen and oxygen atoms in total. The highest BCUT2D eigenvalue weighted by molar-refractivity contribution is 5.08. The third-order valence-electron chi connectivity index (χ3n) is 3.60. The Labute approximate surface area is 106 Å². The van der Waals surface area contributed by atoms with Crippen molar-refractivity contribution in [3.8, 4) is 0 Å². The molecule has 1 aromatic heterocycles. The molecule has 0 saturated heterocycles. The zero-order valence-electron chi connectivity index (χ0n) is 12.1. The summed E-state index contributed by atoms with van der Waals surface area (Å²) in [5, 5.41) is 7.83. The number of hydrogen-bond acceptors (Lipinski definition) is 2. The molecule has 1 heterocycles. The molecule has 1 aromatic rings. The Morgan fingerprint density at radius 1 is 1.18 bits per heavy atom. The van der Waals surface area contributed by atoms with E-state index in [1.807, 2.05) is 17.9 Å². The molecule has 0 aliphatic carbocycles. The minimum absolute atomic E-state index is 0.378. The quantitative estimate of drug-likeness (QED) is 0.824. The SMILES string of the molecule is CC(NCC(C(C)C)C(C)C)c1cnn(C)c1. The molecule has 0 amide bonds. The molecule has 0 radical (unpaired) electrons. The first-order valence-electron chi connectivity index (χ1n) is 6.63. The normalized spacial score (nSPS) is 13.9. The van der Waals surface area contributed by atoms with Gasteiger partial charge in [-0.2, -0.15) is 5.10 Å². The first-order chi connectivity index (χ1) is 7.91. The van der Waals surface area contributed by atoms with Crippen molar-refractivity contribution < 1.29 is 0 Å². The second-order valence-electron chi connectivity index (χ2n) is 5.73. The van der Waals surface area contributed by atoms with Crippen LogP contribution in [0.4, 0.5) is 0 Å². The number of aryl methyl sites for hydroxylation is 1. The van der Waals surface area contributed by atoms with Crippen LogP contribution >= 0.6 is 0 Å². The lowest BCUT2D eigenvalue weighted by Crippen LogP contribution is -2.31. The summed E-state index contributed by atoms with van der Waals surface area (Å²) in [7, 11) is 1.96. The molecule has 98 valence electrons. The average molecular weight is 237 g/mol. The maximum absolute atomic E-state index is 4.21. The van der Waals surface area contributed by atoms with Crippen LogP contribution in [-0.4, -0.2) is 16.3 Å². The summed E-state index contributed by atoms with van der Waals surface area (Å²) >= 11 is 0. The van der Waals surface area contributed by atoms with Crippen molar-refractivity contribution in [2.24, 2.45) is 24.8 Å². The summed E-state index contributed by atoms with van der Waals surface area (Å²) in [5.74, 6) is 2.18. The molecule has 0 aliphatic heterocycles. The number of aromatic nitrogens is 2. The van der Waals surface area contributed by atoms with Crippen LogP contribution in [0.2, 0.25) is 0 Å². The van der Waals surface area contributed by atoms with E-state index >= 15 is 0 Å². The second-order valence-corrected chi connectivity index (χ2v) is 5.73. The Balaban J connectivity index is 2.49. The zero-order valence-corrected chi connectivity index (χ0v) is 12.1. The lowest BCUT2D eigenvalue weighted by Gasteiger charge is -2.26. The van der Waals surface area contributed by atoms with E-state index < -0.39 is 0 Å². The average Bonchev–Trinajstić information content (AvgIpc) is 2.63. The zero-order chi connectivity index (χ0) is 13.0.